The summed E-state index contributed by atoms with van der Waals surface area (Å²) in [6.07, 6.45) is 1.48. The number of nitrogens with zero attached hydrogens (tertiary/aromatic N) is 2. The van der Waals surface area contributed by atoms with Crippen molar-refractivity contribution in [2.45, 2.75) is 18.9 Å². The summed E-state index contributed by atoms with van der Waals surface area (Å²) in [4.78, 5) is 16.8. The minimum atomic E-state index is -0.828. The van der Waals surface area contributed by atoms with E-state index in [4.69, 9.17) is 28.3 Å². The first-order chi connectivity index (χ1) is 7.59. The molecule has 0 unspecified atom stereocenters. The molecule has 0 bridgehead atoms. The molecule has 0 aliphatic carbocycles. The van der Waals surface area contributed by atoms with Crippen molar-refractivity contribution >= 4 is 35.0 Å². The first kappa shape index (κ1) is 11.5. The zero-order chi connectivity index (χ0) is 11.7. The Labute approximate surface area is 103 Å². The first-order valence-electron chi connectivity index (χ1n) is 4.91. The number of halogens is 2. The summed E-state index contributed by atoms with van der Waals surface area (Å²) in [5.41, 5.74) is 0. The number of anilines is 1. The Morgan fingerprint density at radius 3 is 2.88 bits per heavy atom. The molecule has 1 aromatic rings. The van der Waals surface area contributed by atoms with Gasteiger partial charge in [-0.1, -0.05) is 23.2 Å². The Hall–Kier alpha value is -1.000. The fraction of sp³-hybridized carbons (Fsp3) is 0.400. The third kappa shape index (κ3) is 2.08. The lowest BCUT2D eigenvalue weighted by Crippen LogP contribution is -2.36. The van der Waals surface area contributed by atoms with E-state index in [0.29, 0.717) is 23.8 Å². The Morgan fingerprint density at radius 1 is 1.50 bits per heavy atom. The van der Waals surface area contributed by atoms with E-state index >= 15 is 0 Å². The van der Waals surface area contributed by atoms with Gasteiger partial charge in [-0.3, -0.25) is 0 Å². The molecular weight excluding hydrogens is 251 g/mol. The average molecular weight is 261 g/mol. The van der Waals surface area contributed by atoms with Gasteiger partial charge in [0.2, 0.25) is 0 Å². The molecule has 1 fully saturated rings. The lowest BCUT2D eigenvalue weighted by Gasteiger charge is -2.22. The normalized spacial score (nSPS) is 20.1. The molecule has 86 valence electrons. The highest BCUT2D eigenvalue weighted by molar-refractivity contribution is 6.41. The van der Waals surface area contributed by atoms with Crippen LogP contribution < -0.4 is 4.90 Å². The molecule has 16 heavy (non-hydrogen) atoms. The van der Waals surface area contributed by atoms with Gasteiger partial charge >= 0.3 is 5.97 Å². The summed E-state index contributed by atoms with van der Waals surface area (Å²) in [7, 11) is 0. The molecule has 2 heterocycles. The van der Waals surface area contributed by atoms with Crippen LogP contribution in [0.2, 0.25) is 10.2 Å². The lowest BCUT2D eigenvalue weighted by atomic mass is 10.2. The number of pyridine rings is 1. The van der Waals surface area contributed by atoms with Crippen LogP contribution in [0.3, 0.4) is 0 Å². The van der Waals surface area contributed by atoms with E-state index in [1.165, 1.54) is 0 Å². The Kier molecular flexibility index (Phi) is 3.21. The van der Waals surface area contributed by atoms with E-state index in [0.717, 1.165) is 6.42 Å². The number of hydrogen-bond acceptors (Lipinski definition) is 3. The minimum Gasteiger partial charge on any atom is -0.480 e. The van der Waals surface area contributed by atoms with Crippen molar-refractivity contribution < 1.29 is 9.90 Å². The fourth-order valence-electron chi connectivity index (χ4n) is 1.87. The van der Waals surface area contributed by atoms with Crippen LogP contribution in [-0.2, 0) is 4.79 Å². The third-order valence-electron chi connectivity index (χ3n) is 2.62. The van der Waals surface area contributed by atoms with Crippen molar-refractivity contribution in [2.75, 3.05) is 11.4 Å². The molecule has 1 aromatic heterocycles. The van der Waals surface area contributed by atoms with Crippen LogP contribution in [0.25, 0.3) is 0 Å². The van der Waals surface area contributed by atoms with Gasteiger partial charge in [0, 0.05) is 6.54 Å². The minimum absolute atomic E-state index is 0.204. The molecule has 2 rings (SSSR count). The molecule has 1 atom stereocenters. The van der Waals surface area contributed by atoms with Gasteiger partial charge in [-0.2, -0.15) is 0 Å². The number of carboxylic acids is 1. The predicted octanol–water partition coefficient (Wildman–Crippen LogP) is 2.44. The van der Waals surface area contributed by atoms with Crippen molar-refractivity contribution in [3.05, 3.63) is 22.3 Å². The predicted molar refractivity (Wildman–Crippen MR) is 62.3 cm³/mol. The number of hydrogen-bond donors (Lipinski definition) is 1. The van der Waals surface area contributed by atoms with E-state index in [9.17, 15) is 4.79 Å². The molecule has 0 saturated carbocycles. The molecular formula is C10H10Cl2N2O2. The summed E-state index contributed by atoms with van der Waals surface area (Å²) in [5, 5.41) is 9.62. The Balaban J connectivity index is 2.29. The SMILES string of the molecule is O=C(O)[C@@H]1CCCN1c1ccc(Cl)c(Cl)n1. The molecule has 1 saturated heterocycles. The van der Waals surface area contributed by atoms with Gasteiger partial charge < -0.3 is 10.0 Å². The van der Waals surface area contributed by atoms with Crippen LogP contribution in [-0.4, -0.2) is 28.6 Å². The van der Waals surface area contributed by atoms with Crippen LogP contribution in [0, 0.1) is 0 Å². The van der Waals surface area contributed by atoms with Crippen molar-refractivity contribution in [3.8, 4) is 0 Å². The second-order valence-electron chi connectivity index (χ2n) is 3.63. The van der Waals surface area contributed by atoms with E-state index in [-0.39, 0.29) is 5.15 Å². The second kappa shape index (κ2) is 4.47. The maximum Gasteiger partial charge on any atom is 0.326 e. The van der Waals surface area contributed by atoms with Gasteiger partial charge in [-0.25, -0.2) is 9.78 Å². The number of aromatic nitrogens is 1. The van der Waals surface area contributed by atoms with Crippen molar-refractivity contribution in [1.82, 2.24) is 4.98 Å². The number of rotatable bonds is 2. The van der Waals surface area contributed by atoms with E-state index in [1.807, 2.05) is 0 Å². The highest BCUT2D eigenvalue weighted by atomic mass is 35.5. The summed E-state index contributed by atoms with van der Waals surface area (Å²) in [6, 6.07) is 2.81. The zero-order valence-electron chi connectivity index (χ0n) is 8.36. The van der Waals surface area contributed by atoms with Gasteiger partial charge in [-0.15, -0.1) is 0 Å². The highest BCUT2D eigenvalue weighted by Crippen LogP contribution is 2.28. The smallest absolute Gasteiger partial charge is 0.326 e. The number of aliphatic carboxylic acids is 1. The molecule has 1 aliphatic heterocycles. The maximum atomic E-state index is 11.0. The van der Waals surface area contributed by atoms with Crippen LogP contribution >= 0.6 is 23.2 Å². The quantitative estimate of drug-likeness (QED) is 0.831. The monoisotopic (exact) mass is 260 g/mol. The number of carbonyl (C=O) groups is 1. The van der Waals surface area contributed by atoms with Gasteiger partial charge in [0.05, 0.1) is 5.02 Å². The van der Waals surface area contributed by atoms with E-state index in [2.05, 4.69) is 4.98 Å². The van der Waals surface area contributed by atoms with Crippen LogP contribution in [0.15, 0.2) is 12.1 Å². The van der Waals surface area contributed by atoms with Crippen molar-refractivity contribution in [3.63, 3.8) is 0 Å². The standard InChI is InChI=1S/C10H10Cl2N2O2/c11-6-3-4-8(13-9(6)12)14-5-1-2-7(14)10(15)16/h3-4,7H,1-2,5H2,(H,15,16)/t7-/m0/s1. The summed E-state index contributed by atoms with van der Waals surface area (Å²) in [5.74, 6) is -0.260. The molecule has 1 aliphatic rings. The topological polar surface area (TPSA) is 53.4 Å². The summed E-state index contributed by atoms with van der Waals surface area (Å²) < 4.78 is 0. The first-order valence-corrected chi connectivity index (χ1v) is 5.66. The van der Waals surface area contributed by atoms with Crippen molar-refractivity contribution in [1.29, 1.82) is 0 Å². The second-order valence-corrected chi connectivity index (χ2v) is 4.40. The Bertz CT molecular complexity index is 425. The van der Waals surface area contributed by atoms with Crippen LogP contribution in [0.4, 0.5) is 5.82 Å². The molecule has 0 radical (unpaired) electrons. The van der Waals surface area contributed by atoms with Gasteiger partial charge in [0.15, 0.2) is 0 Å². The summed E-state index contributed by atoms with van der Waals surface area (Å²) in [6.45, 7) is 0.682. The maximum absolute atomic E-state index is 11.0. The zero-order valence-corrected chi connectivity index (χ0v) is 9.87. The number of carboxylic acid groups (broad SMARTS) is 1. The van der Waals surface area contributed by atoms with Crippen LogP contribution in [0.5, 0.6) is 0 Å². The molecule has 0 amide bonds. The molecule has 6 heteroatoms. The van der Waals surface area contributed by atoms with Gasteiger partial charge in [0.1, 0.15) is 17.0 Å². The largest absolute Gasteiger partial charge is 0.480 e. The van der Waals surface area contributed by atoms with E-state index in [1.54, 1.807) is 17.0 Å². The Morgan fingerprint density at radius 2 is 2.25 bits per heavy atom. The van der Waals surface area contributed by atoms with Crippen LogP contribution in [0.1, 0.15) is 12.8 Å². The summed E-state index contributed by atoms with van der Waals surface area (Å²) >= 11 is 11.6. The molecule has 1 N–H and O–H groups in total. The lowest BCUT2D eigenvalue weighted by molar-refractivity contribution is -0.138. The van der Waals surface area contributed by atoms with Gasteiger partial charge in [0.25, 0.3) is 0 Å². The molecule has 4 nitrogen and oxygen atoms in total. The molecule has 0 aromatic carbocycles. The van der Waals surface area contributed by atoms with Crippen molar-refractivity contribution in [2.24, 2.45) is 0 Å². The molecule has 0 spiro atoms. The average Bonchev–Trinajstić information content (AvgIpc) is 2.71. The highest BCUT2D eigenvalue weighted by Gasteiger charge is 2.31. The fourth-order valence-corrected chi connectivity index (χ4v) is 2.12. The van der Waals surface area contributed by atoms with E-state index < -0.39 is 12.0 Å². The third-order valence-corrected chi connectivity index (χ3v) is 3.31. The van der Waals surface area contributed by atoms with Gasteiger partial charge in [-0.05, 0) is 25.0 Å².